The number of nitrogens with one attached hydrogen (secondary N) is 1. The fourth-order valence-corrected chi connectivity index (χ4v) is 3.56. The van der Waals surface area contributed by atoms with Gasteiger partial charge in [-0.2, -0.15) is 4.72 Å². The predicted octanol–water partition coefficient (Wildman–Crippen LogP) is 1.80. The molecule has 0 atom stereocenters. The van der Waals surface area contributed by atoms with Gasteiger partial charge in [0.2, 0.25) is 15.3 Å². The summed E-state index contributed by atoms with van der Waals surface area (Å²) in [6.07, 6.45) is 3.95. The van der Waals surface area contributed by atoms with Crippen LogP contribution in [0.1, 0.15) is 18.9 Å². The van der Waals surface area contributed by atoms with Gasteiger partial charge in [0.25, 0.3) is 0 Å². The molecule has 2 rings (SSSR count). The molecule has 0 bridgehead atoms. The molecule has 2 heterocycles. The molecule has 0 radical (unpaired) electrons. The predicted molar refractivity (Wildman–Crippen MR) is 72.5 cm³/mol. The van der Waals surface area contributed by atoms with E-state index in [0.29, 0.717) is 5.01 Å². The number of aromatic nitrogens is 3. The smallest absolute Gasteiger partial charge is 0.244 e. The summed E-state index contributed by atoms with van der Waals surface area (Å²) >= 11 is 6.91. The van der Waals surface area contributed by atoms with E-state index in [1.54, 1.807) is 25.4 Å². The molecule has 1 N–H and O–H groups in total. The summed E-state index contributed by atoms with van der Waals surface area (Å²) in [6, 6.07) is 0. The lowest BCUT2D eigenvalue weighted by molar-refractivity contribution is 0.469. The maximum Gasteiger partial charge on any atom is 0.244 e. The van der Waals surface area contributed by atoms with Crippen molar-refractivity contribution in [3.05, 3.63) is 34.3 Å². The number of rotatable bonds is 4. The van der Waals surface area contributed by atoms with Crippen molar-refractivity contribution in [3.8, 4) is 0 Å². The fraction of sp³-hybridized carbons (Fsp3) is 0.300. The molecule has 2 aromatic heterocycles. The number of sulfonamides is 1. The van der Waals surface area contributed by atoms with Crippen molar-refractivity contribution in [1.29, 1.82) is 0 Å². The highest BCUT2D eigenvalue weighted by Crippen LogP contribution is 2.24. The minimum Gasteiger partial charge on any atom is -0.248 e. The molecule has 0 amide bonds. The van der Waals surface area contributed by atoms with Gasteiger partial charge < -0.3 is 0 Å². The van der Waals surface area contributed by atoms with E-state index in [9.17, 15) is 8.42 Å². The zero-order chi connectivity index (χ0) is 14.1. The maximum atomic E-state index is 12.2. The van der Waals surface area contributed by atoms with E-state index in [4.69, 9.17) is 11.6 Å². The minimum atomic E-state index is -3.73. The summed E-state index contributed by atoms with van der Waals surface area (Å²) in [6.45, 7) is 3.47. The van der Waals surface area contributed by atoms with E-state index < -0.39 is 15.6 Å². The second kappa shape index (κ2) is 5.12. The summed E-state index contributed by atoms with van der Waals surface area (Å²) in [7, 11) is -3.73. The molecule has 0 aliphatic rings. The average molecular weight is 319 g/mol. The van der Waals surface area contributed by atoms with Crippen LogP contribution in [0.25, 0.3) is 0 Å². The number of hydrogen-bond acceptors (Lipinski definition) is 6. The van der Waals surface area contributed by atoms with E-state index in [0.717, 1.165) is 12.4 Å². The molecular formula is C10H11ClN4O2S2. The Kier molecular flexibility index (Phi) is 3.86. The van der Waals surface area contributed by atoms with Crippen LogP contribution in [0.5, 0.6) is 0 Å². The molecule has 0 aliphatic carbocycles. The SMILES string of the molecule is CC(C)(NS(=O)(=O)c1cnc(Cl)nc1)c1nccs1. The fourth-order valence-electron chi connectivity index (χ4n) is 1.41. The van der Waals surface area contributed by atoms with Crippen LogP contribution in [0.2, 0.25) is 5.28 Å². The van der Waals surface area contributed by atoms with Gasteiger partial charge in [0, 0.05) is 11.6 Å². The van der Waals surface area contributed by atoms with E-state index in [1.165, 1.54) is 11.3 Å². The van der Waals surface area contributed by atoms with Crippen LogP contribution in [0.4, 0.5) is 0 Å². The Hall–Kier alpha value is -1.09. The van der Waals surface area contributed by atoms with Crippen LogP contribution in [0.15, 0.2) is 28.9 Å². The normalized spacial score (nSPS) is 12.6. The minimum absolute atomic E-state index is 0.00173. The zero-order valence-corrected chi connectivity index (χ0v) is 12.6. The summed E-state index contributed by atoms with van der Waals surface area (Å²) in [4.78, 5) is 11.4. The molecule has 0 saturated carbocycles. The summed E-state index contributed by atoms with van der Waals surface area (Å²) in [5.74, 6) is 0. The molecule has 0 fully saturated rings. The zero-order valence-electron chi connectivity index (χ0n) is 10.2. The highest BCUT2D eigenvalue weighted by Gasteiger charge is 2.30. The van der Waals surface area contributed by atoms with Gasteiger partial charge in [-0.3, -0.25) is 0 Å². The van der Waals surface area contributed by atoms with Gasteiger partial charge in [-0.25, -0.2) is 23.4 Å². The molecular weight excluding hydrogens is 308 g/mol. The van der Waals surface area contributed by atoms with Crippen LogP contribution in [-0.2, 0) is 15.6 Å². The number of nitrogens with zero attached hydrogens (tertiary/aromatic N) is 3. The summed E-state index contributed by atoms with van der Waals surface area (Å²) in [5, 5.41) is 2.46. The van der Waals surface area contributed by atoms with Gasteiger partial charge in [-0.15, -0.1) is 11.3 Å². The molecule has 9 heteroatoms. The summed E-state index contributed by atoms with van der Waals surface area (Å²) in [5.41, 5.74) is -0.813. The van der Waals surface area contributed by atoms with Crippen molar-refractivity contribution in [2.45, 2.75) is 24.3 Å². The van der Waals surface area contributed by atoms with Crippen LogP contribution in [0, 0.1) is 0 Å². The van der Waals surface area contributed by atoms with E-state index >= 15 is 0 Å². The largest absolute Gasteiger partial charge is 0.248 e. The van der Waals surface area contributed by atoms with Crippen molar-refractivity contribution in [2.24, 2.45) is 0 Å². The van der Waals surface area contributed by atoms with Crippen LogP contribution < -0.4 is 4.72 Å². The molecule has 19 heavy (non-hydrogen) atoms. The van der Waals surface area contributed by atoms with E-state index in [-0.39, 0.29) is 10.2 Å². The van der Waals surface area contributed by atoms with Gasteiger partial charge in [-0.05, 0) is 25.4 Å². The molecule has 102 valence electrons. The van der Waals surface area contributed by atoms with Crippen molar-refractivity contribution in [3.63, 3.8) is 0 Å². The molecule has 0 aliphatic heterocycles. The Balaban J connectivity index is 2.29. The van der Waals surface area contributed by atoms with Crippen LogP contribution in [0.3, 0.4) is 0 Å². The summed E-state index contributed by atoms with van der Waals surface area (Å²) < 4.78 is 27.0. The highest BCUT2D eigenvalue weighted by molar-refractivity contribution is 7.89. The first-order valence-corrected chi connectivity index (χ1v) is 7.97. The monoisotopic (exact) mass is 318 g/mol. The molecule has 2 aromatic rings. The Morgan fingerprint density at radius 1 is 1.26 bits per heavy atom. The lowest BCUT2D eigenvalue weighted by Crippen LogP contribution is -2.40. The molecule has 0 aromatic carbocycles. The quantitative estimate of drug-likeness (QED) is 0.869. The third kappa shape index (κ3) is 3.27. The number of thiazole rings is 1. The van der Waals surface area contributed by atoms with Crippen molar-refractivity contribution >= 4 is 33.0 Å². The molecule has 0 unspecified atom stereocenters. The van der Waals surface area contributed by atoms with Crippen molar-refractivity contribution < 1.29 is 8.42 Å². The standard InChI is InChI=1S/C10H11ClN4O2S2/c1-10(2,8-12-3-4-18-8)15-19(16,17)7-5-13-9(11)14-6-7/h3-6,15H,1-2H3. The topological polar surface area (TPSA) is 84.8 Å². The third-order valence-corrected chi connectivity index (χ3v) is 5.17. The first-order valence-electron chi connectivity index (χ1n) is 5.23. The van der Waals surface area contributed by atoms with E-state index in [2.05, 4.69) is 19.7 Å². The number of halogens is 1. The lowest BCUT2D eigenvalue weighted by Gasteiger charge is -2.23. The Bertz CT molecular complexity index is 653. The van der Waals surface area contributed by atoms with E-state index in [1.807, 2.05) is 0 Å². The Labute approximate surface area is 119 Å². The maximum absolute atomic E-state index is 12.2. The second-order valence-electron chi connectivity index (χ2n) is 4.26. The van der Waals surface area contributed by atoms with Gasteiger partial charge >= 0.3 is 0 Å². The molecule has 0 spiro atoms. The van der Waals surface area contributed by atoms with Crippen molar-refractivity contribution in [1.82, 2.24) is 19.7 Å². The van der Waals surface area contributed by atoms with Gasteiger partial charge in [0.05, 0.1) is 17.9 Å². The average Bonchev–Trinajstić information content (AvgIpc) is 2.82. The van der Waals surface area contributed by atoms with Crippen LogP contribution in [-0.4, -0.2) is 23.4 Å². The van der Waals surface area contributed by atoms with Crippen molar-refractivity contribution in [2.75, 3.05) is 0 Å². The van der Waals surface area contributed by atoms with Gasteiger partial charge in [-0.1, -0.05) is 0 Å². The van der Waals surface area contributed by atoms with Crippen LogP contribution >= 0.6 is 22.9 Å². The molecule has 6 nitrogen and oxygen atoms in total. The lowest BCUT2D eigenvalue weighted by atomic mass is 10.1. The Morgan fingerprint density at radius 2 is 1.89 bits per heavy atom. The first kappa shape index (κ1) is 14.3. The van der Waals surface area contributed by atoms with Gasteiger partial charge in [0.1, 0.15) is 9.90 Å². The molecule has 0 saturated heterocycles. The second-order valence-corrected chi connectivity index (χ2v) is 7.17. The third-order valence-electron chi connectivity index (χ3n) is 2.26. The van der Waals surface area contributed by atoms with Gasteiger partial charge in [0.15, 0.2) is 0 Å². The number of hydrogen-bond donors (Lipinski definition) is 1. The Morgan fingerprint density at radius 3 is 2.42 bits per heavy atom. The highest BCUT2D eigenvalue weighted by atomic mass is 35.5. The first-order chi connectivity index (χ1) is 8.81.